The molecule has 1 aromatic carbocycles. The van der Waals surface area contributed by atoms with Crippen molar-refractivity contribution in [3.05, 3.63) is 35.4 Å². The first-order chi connectivity index (χ1) is 28.5. The molecule has 0 heterocycles. The number of carbonyl (C=O) groups is 2. The van der Waals surface area contributed by atoms with Crippen LogP contribution < -0.4 is 0 Å². The highest BCUT2D eigenvalue weighted by molar-refractivity contribution is 5.95. The van der Waals surface area contributed by atoms with Crippen molar-refractivity contribution >= 4 is 11.9 Å². The summed E-state index contributed by atoms with van der Waals surface area (Å²) in [4.78, 5) is 31.2. The number of carbonyl (C=O) groups excluding carboxylic acids is 2. The number of ether oxygens (including phenoxy) is 2. The van der Waals surface area contributed by atoms with Gasteiger partial charge in [-0.3, -0.25) is 0 Å². The van der Waals surface area contributed by atoms with Crippen molar-refractivity contribution in [1.29, 1.82) is 0 Å². The first-order valence-electron chi connectivity index (χ1n) is 25.4. The second-order valence-corrected chi connectivity index (χ2v) is 17.4. The number of hydrogen-bond donors (Lipinski definition) is 0. The van der Waals surface area contributed by atoms with Crippen molar-refractivity contribution in [3.8, 4) is 0 Å². The number of unbranched alkanes of at least 4 members (excludes halogenated alkanes) is 26. The summed E-state index contributed by atoms with van der Waals surface area (Å²) in [5.41, 5.74) is 0.834. The lowest BCUT2D eigenvalue weighted by molar-refractivity contribution is 0.0493. The van der Waals surface area contributed by atoms with Crippen molar-refractivity contribution in [2.24, 2.45) is 0 Å². The van der Waals surface area contributed by atoms with E-state index in [1.165, 1.54) is 206 Å². The van der Waals surface area contributed by atoms with Gasteiger partial charge in [-0.1, -0.05) is 188 Å². The third-order valence-corrected chi connectivity index (χ3v) is 11.8. The standard InChI is InChI=1S/C52H96N2O4/c1-5-9-13-17-21-25-29-40-53(41-30-26-22-18-14-10-6-2)44-33-35-46-57-51(55)49-38-37-39-50(48-49)52(56)58-47-36-34-45-54(42-31-27-23-19-15-11-7-3)43-32-28-24-20-16-12-8-4/h37-39,48H,5-36,40-47H2,1-4H3. The van der Waals surface area contributed by atoms with E-state index in [0.29, 0.717) is 24.3 Å². The Balaban J connectivity index is 2.42. The van der Waals surface area contributed by atoms with Crippen LogP contribution in [0.25, 0.3) is 0 Å². The van der Waals surface area contributed by atoms with Crippen LogP contribution in [0.4, 0.5) is 0 Å². The Bertz CT molecular complexity index is 935. The molecule has 58 heavy (non-hydrogen) atoms. The Hall–Kier alpha value is -1.92. The van der Waals surface area contributed by atoms with E-state index in [1.807, 2.05) is 0 Å². The lowest BCUT2D eigenvalue weighted by Crippen LogP contribution is -2.27. The Kier molecular flexibility index (Phi) is 39.0. The fourth-order valence-corrected chi connectivity index (χ4v) is 7.99. The lowest BCUT2D eigenvalue weighted by atomic mass is 10.1. The second-order valence-electron chi connectivity index (χ2n) is 17.4. The van der Waals surface area contributed by atoms with Crippen LogP contribution in [0.2, 0.25) is 0 Å². The zero-order valence-electron chi connectivity index (χ0n) is 39.1. The molecule has 1 rings (SSSR count). The van der Waals surface area contributed by atoms with Gasteiger partial charge >= 0.3 is 11.9 Å². The molecule has 0 amide bonds. The Morgan fingerprint density at radius 1 is 0.362 bits per heavy atom. The summed E-state index contributed by atoms with van der Waals surface area (Å²) in [6.45, 7) is 16.8. The fourth-order valence-electron chi connectivity index (χ4n) is 7.99. The quantitative estimate of drug-likeness (QED) is 0.0483. The van der Waals surface area contributed by atoms with Gasteiger partial charge in [0.1, 0.15) is 0 Å². The van der Waals surface area contributed by atoms with Gasteiger partial charge in [0, 0.05) is 0 Å². The van der Waals surface area contributed by atoms with E-state index < -0.39 is 0 Å². The summed E-state index contributed by atoms with van der Waals surface area (Å²) >= 11 is 0. The summed E-state index contributed by atoms with van der Waals surface area (Å²) in [6, 6.07) is 6.85. The van der Waals surface area contributed by atoms with Crippen molar-refractivity contribution in [1.82, 2.24) is 9.80 Å². The van der Waals surface area contributed by atoms with E-state index in [1.54, 1.807) is 24.3 Å². The highest BCUT2D eigenvalue weighted by Gasteiger charge is 2.14. The van der Waals surface area contributed by atoms with Gasteiger partial charge in [0.15, 0.2) is 0 Å². The molecular formula is C52H96N2O4. The average molecular weight is 813 g/mol. The molecule has 0 aromatic heterocycles. The molecule has 6 heteroatoms. The number of esters is 2. The summed E-state index contributed by atoms with van der Waals surface area (Å²) in [5.74, 6) is -0.723. The van der Waals surface area contributed by atoms with Crippen molar-refractivity contribution in [2.45, 2.75) is 233 Å². The number of hydrogen-bond acceptors (Lipinski definition) is 6. The van der Waals surface area contributed by atoms with Crippen LogP contribution in [0.5, 0.6) is 0 Å². The monoisotopic (exact) mass is 813 g/mol. The fraction of sp³-hybridized carbons (Fsp3) is 0.846. The zero-order chi connectivity index (χ0) is 42.0. The molecule has 0 spiro atoms. The molecular weight excluding hydrogens is 717 g/mol. The smallest absolute Gasteiger partial charge is 0.338 e. The van der Waals surface area contributed by atoms with Crippen LogP contribution >= 0.6 is 0 Å². The normalized spacial score (nSPS) is 11.6. The van der Waals surface area contributed by atoms with Gasteiger partial charge < -0.3 is 19.3 Å². The highest BCUT2D eigenvalue weighted by atomic mass is 16.5. The summed E-state index contributed by atoms with van der Waals surface area (Å²) in [6.07, 6.45) is 41.4. The van der Waals surface area contributed by atoms with Gasteiger partial charge in [0.05, 0.1) is 24.3 Å². The van der Waals surface area contributed by atoms with Gasteiger partial charge in [0.25, 0.3) is 0 Å². The third kappa shape index (κ3) is 32.9. The van der Waals surface area contributed by atoms with Gasteiger partial charge in [-0.2, -0.15) is 0 Å². The Morgan fingerprint density at radius 2 is 0.603 bits per heavy atom. The molecule has 1 aromatic rings. The number of nitrogens with zero attached hydrogens (tertiary/aromatic N) is 2. The van der Waals surface area contributed by atoms with E-state index >= 15 is 0 Å². The molecule has 0 bridgehead atoms. The molecule has 0 N–H and O–H groups in total. The van der Waals surface area contributed by atoms with Gasteiger partial charge in [0.2, 0.25) is 0 Å². The molecule has 0 aliphatic rings. The molecule has 0 radical (unpaired) electrons. The molecule has 0 atom stereocenters. The van der Waals surface area contributed by atoms with E-state index in [-0.39, 0.29) is 11.9 Å². The average Bonchev–Trinajstić information content (AvgIpc) is 3.24. The molecule has 0 aliphatic heterocycles. The SMILES string of the molecule is CCCCCCCCCN(CCCCCCCCC)CCCCOC(=O)c1cccc(C(=O)OCCCCN(CCCCCCCCC)CCCCCCCCC)c1. The van der Waals surface area contributed by atoms with Crippen LogP contribution in [-0.4, -0.2) is 74.2 Å². The predicted molar refractivity (Wildman–Crippen MR) is 250 cm³/mol. The molecule has 0 unspecified atom stereocenters. The third-order valence-electron chi connectivity index (χ3n) is 11.8. The molecule has 0 saturated carbocycles. The first-order valence-corrected chi connectivity index (χ1v) is 25.4. The van der Waals surface area contributed by atoms with E-state index in [4.69, 9.17) is 9.47 Å². The summed E-state index contributed by atoms with van der Waals surface area (Å²) in [5, 5.41) is 0. The van der Waals surface area contributed by atoms with Crippen LogP contribution in [0, 0.1) is 0 Å². The van der Waals surface area contributed by atoms with Gasteiger partial charge in [-0.25, -0.2) is 9.59 Å². The van der Waals surface area contributed by atoms with Crippen molar-refractivity contribution < 1.29 is 19.1 Å². The highest BCUT2D eigenvalue weighted by Crippen LogP contribution is 2.14. The Morgan fingerprint density at radius 3 is 0.879 bits per heavy atom. The van der Waals surface area contributed by atoms with Crippen molar-refractivity contribution in [2.75, 3.05) is 52.5 Å². The maximum absolute atomic E-state index is 12.9. The molecule has 338 valence electrons. The maximum atomic E-state index is 12.9. The number of rotatable bonds is 44. The molecule has 0 fully saturated rings. The maximum Gasteiger partial charge on any atom is 0.338 e. The minimum Gasteiger partial charge on any atom is -0.462 e. The topological polar surface area (TPSA) is 59.1 Å². The van der Waals surface area contributed by atoms with Crippen molar-refractivity contribution in [3.63, 3.8) is 0 Å². The van der Waals surface area contributed by atoms with Crippen LogP contribution in [0.3, 0.4) is 0 Å². The first kappa shape index (κ1) is 54.1. The zero-order valence-corrected chi connectivity index (χ0v) is 39.1. The van der Waals surface area contributed by atoms with Crippen LogP contribution in [-0.2, 0) is 9.47 Å². The minimum absolute atomic E-state index is 0.361. The van der Waals surface area contributed by atoms with Crippen LogP contribution in [0.1, 0.15) is 254 Å². The van der Waals surface area contributed by atoms with Crippen LogP contribution in [0.15, 0.2) is 24.3 Å². The minimum atomic E-state index is -0.361. The predicted octanol–water partition coefficient (Wildman–Crippen LogP) is 15.2. The molecule has 6 nitrogen and oxygen atoms in total. The lowest BCUT2D eigenvalue weighted by Gasteiger charge is -2.22. The summed E-state index contributed by atoms with van der Waals surface area (Å²) in [7, 11) is 0. The van der Waals surface area contributed by atoms with E-state index in [0.717, 1.165) is 38.8 Å². The second kappa shape index (κ2) is 41.8. The largest absolute Gasteiger partial charge is 0.462 e. The summed E-state index contributed by atoms with van der Waals surface area (Å²) < 4.78 is 11.3. The molecule has 0 aliphatic carbocycles. The molecule has 0 saturated heterocycles. The number of benzene rings is 1. The van der Waals surface area contributed by atoms with E-state index in [2.05, 4.69) is 37.5 Å². The van der Waals surface area contributed by atoms with E-state index in [9.17, 15) is 9.59 Å². The van der Waals surface area contributed by atoms with Gasteiger partial charge in [-0.15, -0.1) is 0 Å². The van der Waals surface area contributed by atoms with Gasteiger partial charge in [-0.05, 0) is 109 Å². The Labute approximate surface area is 360 Å².